The summed E-state index contributed by atoms with van der Waals surface area (Å²) in [6.07, 6.45) is -0.293. The zero-order chi connectivity index (χ0) is 20.1. The van der Waals surface area contributed by atoms with Crippen molar-refractivity contribution >= 4 is 62.2 Å². The minimum Gasteiger partial charge on any atom is -0.457 e. The van der Waals surface area contributed by atoms with Crippen molar-refractivity contribution in [2.45, 2.75) is 13.0 Å². The number of esters is 1. The van der Waals surface area contributed by atoms with Crippen LogP contribution in [-0.2, 0) is 4.74 Å². The van der Waals surface area contributed by atoms with Gasteiger partial charge in [-0.1, -0.05) is 34.1 Å². The number of hydrogen-bond acceptors (Lipinski definition) is 4. The fraction of sp³-hybridized carbons (Fsp3) is 0.250. The maximum absolute atomic E-state index is 12.2. The maximum atomic E-state index is 12.2. The van der Waals surface area contributed by atoms with Crippen LogP contribution in [0, 0.1) is 0 Å². The highest BCUT2D eigenvalue weighted by atomic mass is 79.9. The minimum atomic E-state index is -0.331. The van der Waals surface area contributed by atoms with Crippen molar-refractivity contribution < 1.29 is 9.53 Å². The van der Waals surface area contributed by atoms with Crippen LogP contribution in [0.3, 0.4) is 0 Å². The van der Waals surface area contributed by atoms with E-state index >= 15 is 0 Å². The van der Waals surface area contributed by atoms with Gasteiger partial charge in [0.25, 0.3) is 0 Å². The second-order valence-corrected chi connectivity index (χ2v) is 8.07. The van der Waals surface area contributed by atoms with Crippen molar-refractivity contribution in [3.8, 4) is 0 Å². The number of rotatable bonds is 5. The van der Waals surface area contributed by atoms with E-state index in [1.807, 2.05) is 59.2 Å². The lowest BCUT2D eigenvalue weighted by atomic mass is 10.2. The highest BCUT2D eigenvalue weighted by Gasteiger charge is 2.29. The van der Waals surface area contributed by atoms with E-state index in [1.54, 1.807) is 12.1 Å². The number of thiocarbonyl (C=S) groups is 2. The molecule has 0 radical (unpaired) electrons. The summed E-state index contributed by atoms with van der Waals surface area (Å²) in [7, 11) is 0. The summed E-state index contributed by atoms with van der Waals surface area (Å²) in [6.45, 7) is 3.81. The second kappa shape index (κ2) is 9.45. The first-order valence-corrected chi connectivity index (χ1v) is 10.4. The molecule has 2 aromatic carbocycles. The average molecular weight is 478 g/mol. The van der Waals surface area contributed by atoms with E-state index < -0.39 is 0 Å². The molecule has 1 saturated heterocycles. The Bertz CT molecular complexity index is 862. The van der Waals surface area contributed by atoms with Gasteiger partial charge in [0.1, 0.15) is 6.10 Å². The van der Waals surface area contributed by atoms with Crippen molar-refractivity contribution in [2.75, 3.05) is 25.0 Å². The first-order chi connectivity index (χ1) is 13.4. The molecule has 1 unspecified atom stereocenters. The van der Waals surface area contributed by atoms with Crippen molar-refractivity contribution in [2.24, 2.45) is 0 Å². The van der Waals surface area contributed by atoms with Gasteiger partial charge in [0.2, 0.25) is 0 Å². The number of nitrogens with zero attached hydrogens (tertiary/aromatic N) is 2. The summed E-state index contributed by atoms with van der Waals surface area (Å²) in [5, 5.41) is 4.40. The topological polar surface area (TPSA) is 44.8 Å². The highest BCUT2D eigenvalue weighted by Crippen LogP contribution is 2.17. The summed E-state index contributed by atoms with van der Waals surface area (Å²) in [5.74, 6) is -0.331. The van der Waals surface area contributed by atoms with Crippen LogP contribution in [0.25, 0.3) is 0 Å². The maximum Gasteiger partial charge on any atom is 0.338 e. The molecule has 1 atom stereocenters. The summed E-state index contributed by atoms with van der Waals surface area (Å²) in [6, 6.07) is 16.7. The largest absolute Gasteiger partial charge is 0.457 e. The molecule has 1 heterocycles. The molecule has 3 rings (SSSR count). The molecule has 8 heteroatoms. The van der Waals surface area contributed by atoms with Crippen molar-refractivity contribution in [1.29, 1.82) is 0 Å². The third-order valence-corrected chi connectivity index (χ3v) is 5.56. The van der Waals surface area contributed by atoms with E-state index in [0.717, 1.165) is 16.7 Å². The molecule has 2 aromatic rings. The van der Waals surface area contributed by atoms with Gasteiger partial charge in [0, 0.05) is 23.2 Å². The van der Waals surface area contributed by atoms with E-state index in [0.29, 0.717) is 28.9 Å². The van der Waals surface area contributed by atoms with Gasteiger partial charge in [0.15, 0.2) is 10.2 Å². The molecule has 28 heavy (non-hydrogen) atoms. The Hall–Kier alpha value is -2.03. The molecule has 1 N–H and O–H groups in total. The Morgan fingerprint density at radius 1 is 1.18 bits per heavy atom. The molecule has 1 aliphatic heterocycles. The van der Waals surface area contributed by atoms with E-state index in [1.165, 1.54) is 0 Å². The molecule has 1 fully saturated rings. The lowest BCUT2D eigenvalue weighted by molar-refractivity contribution is 0.0304. The highest BCUT2D eigenvalue weighted by molar-refractivity contribution is 9.10. The molecule has 0 bridgehead atoms. The monoisotopic (exact) mass is 477 g/mol. The number of carbonyl (C=O) groups excluding carboxylic acids is 1. The third kappa shape index (κ3) is 5.27. The van der Waals surface area contributed by atoms with Gasteiger partial charge in [-0.25, -0.2) is 4.79 Å². The van der Waals surface area contributed by atoms with Crippen molar-refractivity contribution in [1.82, 2.24) is 9.80 Å². The lowest BCUT2D eigenvalue weighted by Gasteiger charge is -2.25. The standard InChI is InChI=1S/C20H20BrN3O2S2/c1-14(26-18(25)15-5-3-2-4-6-15)13-23-11-12-24(20(23)28)19(27)22-17-9-7-16(21)8-10-17/h2-10,14H,11-13H2,1H3,(H,22,27). The van der Waals surface area contributed by atoms with Crippen LogP contribution in [0.5, 0.6) is 0 Å². The van der Waals surface area contributed by atoms with Gasteiger partial charge >= 0.3 is 5.97 Å². The number of carbonyl (C=O) groups is 1. The summed E-state index contributed by atoms with van der Waals surface area (Å²) < 4.78 is 6.54. The number of benzene rings is 2. The number of ether oxygens (including phenoxy) is 1. The van der Waals surface area contributed by atoms with E-state index in [9.17, 15) is 4.79 Å². The Morgan fingerprint density at radius 2 is 1.86 bits per heavy atom. The summed E-state index contributed by atoms with van der Waals surface area (Å²) in [5.41, 5.74) is 1.44. The number of nitrogens with one attached hydrogen (secondary N) is 1. The normalized spacial score (nSPS) is 14.7. The second-order valence-electron chi connectivity index (χ2n) is 6.40. The van der Waals surface area contributed by atoms with Crippen LogP contribution in [0.4, 0.5) is 5.69 Å². The van der Waals surface area contributed by atoms with Gasteiger partial charge in [-0.2, -0.15) is 0 Å². The van der Waals surface area contributed by atoms with Gasteiger partial charge in [-0.05, 0) is 67.8 Å². The Kier molecular flexibility index (Phi) is 6.98. The van der Waals surface area contributed by atoms with Crippen molar-refractivity contribution in [3.63, 3.8) is 0 Å². The van der Waals surface area contributed by atoms with Gasteiger partial charge < -0.3 is 15.0 Å². The van der Waals surface area contributed by atoms with Gasteiger partial charge in [-0.3, -0.25) is 4.90 Å². The van der Waals surface area contributed by atoms with Crippen LogP contribution in [0.1, 0.15) is 17.3 Å². The molecule has 0 aromatic heterocycles. The van der Waals surface area contributed by atoms with Crippen LogP contribution in [0.15, 0.2) is 59.1 Å². The summed E-state index contributed by atoms with van der Waals surface area (Å²) in [4.78, 5) is 16.1. The van der Waals surface area contributed by atoms with E-state index in [-0.39, 0.29) is 12.1 Å². The zero-order valence-corrected chi connectivity index (χ0v) is 18.5. The predicted octanol–water partition coefficient (Wildman–Crippen LogP) is 4.29. The van der Waals surface area contributed by atoms with Crippen LogP contribution < -0.4 is 5.32 Å². The molecule has 0 saturated carbocycles. The Labute approximate surface area is 183 Å². The molecular formula is C20H20BrN3O2S2. The van der Waals surface area contributed by atoms with E-state index in [4.69, 9.17) is 29.2 Å². The van der Waals surface area contributed by atoms with Crippen LogP contribution in [-0.4, -0.2) is 51.7 Å². The molecule has 0 aliphatic carbocycles. The molecule has 0 spiro atoms. The molecule has 0 amide bonds. The van der Waals surface area contributed by atoms with E-state index in [2.05, 4.69) is 21.2 Å². The third-order valence-electron chi connectivity index (χ3n) is 4.23. The number of halogens is 1. The first-order valence-electron chi connectivity index (χ1n) is 8.83. The van der Waals surface area contributed by atoms with Crippen molar-refractivity contribution in [3.05, 3.63) is 64.6 Å². The predicted molar refractivity (Wildman–Crippen MR) is 123 cm³/mol. The fourth-order valence-corrected chi connectivity index (χ4v) is 3.80. The first kappa shape index (κ1) is 20.7. The molecule has 146 valence electrons. The molecular weight excluding hydrogens is 458 g/mol. The van der Waals surface area contributed by atoms with Crippen LogP contribution >= 0.6 is 40.4 Å². The average Bonchev–Trinajstić information content (AvgIpc) is 3.04. The lowest BCUT2D eigenvalue weighted by Crippen LogP contribution is -2.41. The quantitative estimate of drug-likeness (QED) is 0.508. The fourth-order valence-electron chi connectivity index (χ4n) is 2.84. The number of hydrogen-bond donors (Lipinski definition) is 1. The Balaban J connectivity index is 1.52. The number of anilines is 1. The van der Waals surface area contributed by atoms with Gasteiger partial charge in [0.05, 0.1) is 12.1 Å². The smallest absolute Gasteiger partial charge is 0.338 e. The SMILES string of the molecule is CC(CN1CCN(C(=S)Nc2ccc(Br)cc2)C1=S)OC(=O)c1ccccc1. The zero-order valence-electron chi connectivity index (χ0n) is 15.3. The van der Waals surface area contributed by atoms with Crippen LogP contribution in [0.2, 0.25) is 0 Å². The minimum absolute atomic E-state index is 0.293. The summed E-state index contributed by atoms with van der Waals surface area (Å²) >= 11 is 14.5. The van der Waals surface area contributed by atoms with Gasteiger partial charge in [-0.15, -0.1) is 0 Å². The molecule has 1 aliphatic rings. The molecule has 5 nitrogen and oxygen atoms in total. The Morgan fingerprint density at radius 3 is 2.54 bits per heavy atom.